The predicted octanol–water partition coefficient (Wildman–Crippen LogP) is 1.27. The number of anilines is 1. The van der Waals surface area contributed by atoms with E-state index in [-0.39, 0.29) is 52.9 Å². The van der Waals surface area contributed by atoms with Gasteiger partial charge in [0, 0.05) is 42.1 Å². The number of ether oxygens (including phenoxy) is 2. The average molecular weight is 693 g/mol. The third-order valence-corrected chi connectivity index (χ3v) is 13.0. The molecule has 2 bridgehead atoms. The molecule has 0 radical (unpaired) electrons. The van der Waals surface area contributed by atoms with E-state index in [4.69, 9.17) is 21.1 Å². The van der Waals surface area contributed by atoms with Gasteiger partial charge in [0.1, 0.15) is 11.9 Å². The maximum Gasteiger partial charge on any atom is 1.00 e. The van der Waals surface area contributed by atoms with Crippen LogP contribution in [0.2, 0.25) is 5.02 Å². The summed E-state index contributed by atoms with van der Waals surface area (Å²) in [5.74, 6) is -1.99. The second-order valence-electron chi connectivity index (χ2n) is 13.7. The minimum atomic E-state index is -4.10. The molecule has 2 aliphatic heterocycles. The third kappa shape index (κ3) is 7.29. The molecule has 9 nitrogen and oxygen atoms in total. The van der Waals surface area contributed by atoms with E-state index < -0.39 is 45.1 Å². The number of nitrogens with one attached hydrogen (secondary N) is 1. The number of carboxylic acids is 1. The Labute approximate surface area is 304 Å². The van der Waals surface area contributed by atoms with Gasteiger partial charge < -0.3 is 24.3 Å². The molecule has 248 valence electrons. The van der Waals surface area contributed by atoms with Crippen molar-refractivity contribution in [1.29, 1.82) is 0 Å². The van der Waals surface area contributed by atoms with Crippen LogP contribution in [-0.4, -0.2) is 58.5 Å². The molecule has 1 amide bonds. The number of hydrogen-bond donors (Lipinski definition) is 1. The molecule has 1 saturated carbocycles. The van der Waals surface area contributed by atoms with E-state index in [2.05, 4.69) is 27.8 Å². The summed E-state index contributed by atoms with van der Waals surface area (Å²) in [4.78, 5) is 27.8. The van der Waals surface area contributed by atoms with Gasteiger partial charge in [-0.2, -0.15) is 0 Å². The van der Waals surface area contributed by atoms with E-state index in [1.54, 1.807) is 25.1 Å². The first-order chi connectivity index (χ1) is 21.9. The summed E-state index contributed by atoms with van der Waals surface area (Å²) in [6.45, 7) is 5.12. The van der Waals surface area contributed by atoms with Gasteiger partial charge >= 0.3 is 29.6 Å². The molecule has 47 heavy (non-hydrogen) atoms. The fourth-order valence-corrected chi connectivity index (χ4v) is 9.34. The quantitative estimate of drug-likeness (QED) is 0.377. The molecule has 2 aromatic rings. The molecule has 4 aliphatic rings. The Kier molecular flexibility index (Phi) is 11.1. The normalized spacial score (nSPS) is 31.4. The Balaban J connectivity index is 0.00000433. The molecule has 12 heteroatoms. The van der Waals surface area contributed by atoms with Crippen LogP contribution < -0.4 is 49.0 Å². The Morgan fingerprint density at radius 2 is 1.96 bits per heavy atom. The van der Waals surface area contributed by atoms with Crippen molar-refractivity contribution in [3.63, 3.8) is 0 Å². The molecule has 6 rings (SSSR count). The van der Waals surface area contributed by atoms with Crippen molar-refractivity contribution >= 4 is 39.2 Å². The first-order valence-corrected chi connectivity index (χ1v) is 18.1. The van der Waals surface area contributed by atoms with Gasteiger partial charge in [0.25, 0.3) is 5.91 Å². The Hall–Kier alpha value is -2.08. The van der Waals surface area contributed by atoms with Crippen molar-refractivity contribution in [3.8, 4) is 5.75 Å². The molecule has 1 fully saturated rings. The zero-order valence-electron chi connectivity index (χ0n) is 27.5. The number of hydrogen-bond acceptors (Lipinski definition) is 8. The Bertz CT molecular complexity index is 1650. The molecule has 1 spiro atoms. The summed E-state index contributed by atoms with van der Waals surface area (Å²) < 4.78 is 41.0. The molecule has 0 saturated heterocycles. The van der Waals surface area contributed by atoms with Crippen molar-refractivity contribution < 1.29 is 62.1 Å². The number of carbonyl (C=O) groups is 2. The number of amides is 1. The second kappa shape index (κ2) is 14.4. The maximum atomic E-state index is 13.5. The number of halogens is 1. The molecule has 1 N–H and O–H groups in total. The summed E-state index contributed by atoms with van der Waals surface area (Å²) in [5.41, 5.74) is 3.16. The number of carboxylic acid groups (broad SMARTS) is 1. The first-order valence-electron chi connectivity index (χ1n) is 16.2. The van der Waals surface area contributed by atoms with Crippen LogP contribution in [0.25, 0.3) is 0 Å². The van der Waals surface area contributed by atoms with Crippen LogP contribution in [0.15, 0.2) is 48.6 Å². The first kappa shape index (κ1) is 36.2. The molecular formula is C35H42ClN2NaO7S. The van der Waals surface area contributed by atoms with E-state index in [9.17, 15) is 23.1 Å². The number of aryl methyl sites for hydroxylation is 1. The van der Waals surface area contributed by atoms with E-state index in [1.165, 1.54) is 25.2 Å². The fraction of sp³-hybridized carbons (Fsp3) is 0.543. The van der Waals surface area contributed by atoms with Gasteiger partial charge in [0.05, 0.1) is 23.5 Å². The molecule has 2 aromatic carbocycles. The van der Waals surface area contributed by atoms with Gasteiger partial charge in [-0.15, -0.1) is 0 Å². The van der Waals surface area contributed by atoms with Crippen molar-refractivity contribution in [2.75, 3.05) is 31.7 Å². The van der Waals surface area contributed by atoms with E-state index in [0.29, 0.717) is 36.4 Å². The van der Waals surface area contributed by atoms with Crippen LogP contribution in [0.1, 0.15) is 67.4 Å². The van der Waals surface area contributed by atoms with Crippen molar-refractivity contribution in [3.05, 3.63) is 70.3 Å². The van der Waals surface area contributed by atoms with E-state index >= 15 is 0 Å². The van der Waals surface area contributed by atoms with Gasteiger partial charge in [0.15, 0.2) is 0 Å². The SMILES string of the molecule is CO[C@H](C(=O)[O-])[C@@H]1/C=C/[C@@H]2CC[C@H]2CN2C[C@@]3(CCCc4cc(Cl)ccc43)COc3ccc(cc32)C(=O)NS(=O)(=O)[C@H](C)[C@@H](C)C1.[Na+]. The molecule has 2 heterocycles. The molecule has 7 atom stereocenters. The summed E-state index contributed by atoms with van der Waals surface area (Å²) >= 11 is 6.40. The van der Waals surface area contributed by atoms with Crippen molar-refractivity contribution in [2.45, 2.75) is 69.1 Å². The van der Waals surface area contributed by atoms with Crippen LogP contribution in [0.4, 0.5) is 5.69 Å². The minimum absolute atomic E-state index is 0. The summed E-state index contributed by atoms with van der Waals surface area (Å²) in [6, 6.07) is 11.3. The van der Waals surface area contributed by atoms with Crippen LogP contribution in [-0.2, 0) is 31.4 Å². The smallest absolute Gasteiger partial charge is 0.547 e. The van der Waals surface area contributed by atoms with Crippen LogP contribution in [0, 0.1) is 23.7 Å². The topological polar surface area (TPSA) is 125 Å². The van der Waals surface area contributed by atoms with Crippen LogP contribution in [0.5, 0.6) is 5.75 Å². The Morgan fingerprint density at radius 1 is 1.17 bits per heavy atom. The van der Waals surface area contributed by atoms with Gasteiger partial charge in [0.2, 0.25) is 10.0 Å². The van der Waals surface area contributed by atoms with E-state index in [1.807, 2.05) is 12.1 Å². The number of sulfonamides is 1. The molecule has 0 aromatic heterocycles. The zero-order chi connectivity index (χ0) is 32.8. The van der Waals surface area contributed by atoms with Gasteiger partial charge in [-0.1, -0.05) is 36.7 Å². The number of methoxy groups -OCH3 is 1. The summed E-state index contributed by atoms with van der Waals surface area (Å²) in [7, 11) is -2.78. The minimum Gasteiger partial charge on any atom is -0.547 e. The van der Waals surface area contributed by atoms with Gasteiger partial charge in [-0.05, 0) is 105 Å². The molecule has 0 unspecified atom stereocenters. The number of carbonyl (C=O) groups excluding carboxylic acids is 2. The number of allylic oxidation sites excluding steroid dienone is 1. The van der Waals surface area contributed by atoms with Gasteiger partial charge in [-0.3, -0.25) is 4.79 Å². The zero-order valence-corrected chi connectivity index (χ0v) is 31.1. The van der Waals surface area contributed by atoms with Gasteiger partial charge in [-0.25, -0.2) is 13.1 Å². The van der Waals surface area contributed by atoms with E-state index in [0.717, 1.165) is 37.8 Å². The fourth-order valence-electron chi connectivity index (χ4n) is 7.86. The Morgan fingerprint density at radius 3 is 2.66 bits per heavy atom. The predicted molar refractivity (Wildman–Crippen MR) is 174 cm³/mol. The number of aliphatic carboxylic acids is 1. The largest absolute Gasteiger partial charge is 1.00 e. The second-order valence-corrected chi connectivity index (χ2v) is 16.2. The molecule has 2 aliphatic carbocycles. The van der Waals surface area contributed by atoms with Crippen LogP contribution in [0.3, 0.4) is 0 Å². The maximum absolute atomic E-state index is 13.5. The standard InChI is InChI=1S/C35H43ClN2O7S.Na/c1-21-15-25(32(44-3)34(40)41)8-6-23-7-9-27(23)18-38-19-35(14-4-5-24-16-28(36)11-12-29(24)35)20-45-31-13-10-26(17-30(31)38)33(39)37-46(42,43)22(21)2;/h6,8,10-13,16-17,21-23,25,27,32H,4-5,7,9,14-15,18-20H2,1-3H3,(H,37,39)(H,40,41);/q;+1/p-1/b8-6+;/t21-,22+,23+,25+,27-,32-,35-;/m0./s1. The summed E-state index contributed by atoms with van der Waals surface area (Å²) in [5, 5.41) is 11.8. The number of benzene rings is 2. The molecular weight excluding hydrogens is 651 g/mol. The summed E-state index contributed by atoms with van der Waals surface area (Å²) in [6.07, 6.45) is 7.81. The van der Waals surface area contributed by atoms with Crippen LogP contribution >= 0.6 is 11.6 Å². The van der Waals surface area contributed by atoms with Crippen molar-refractivity contribution in [1.82, 2.24) is 4.72 Å². The monoisotopic (exact) mass is 692 g/mol. The number of fused-ring (bicyclic) bond motifs is 4. The number of rotatable bonds is 3. The average Bonchev–Trinajstić information content (AvgIpc) is 3.15. The number of nitrogens with zero attached hydrogens (tertiary/aromatic N) is 1. The third-order valence-electron chi connectivity index (χ3n) is 10.9. The van der Waals surface area contributed by atoms with Crippen molar-refractivity contribution in [2.24, 2.45) is 23.7 Å².